The first-order valence-corrected chi connectivity index (χ1v) is 7.72. The zero-order valence-electron chi connectivity index (χ0n) is 13.4. The molecule has 22 heavy (non-hydrogen) atoms. The first-order chi connectivity index (χ1) is 10.3. The Morgan fingerprint density at radius 1 is 1.36 bits per heavy atom. The van der Waals surface area contributed by atoms with Crippen molar-refractivity contribution in [3.63, 3.8) is 0 Å². The molecule has 1 saturated heterocycles. The van der Waals surface area contributed by atoms with Crippen molar-refractivity contribution < 1.29 is 13.9 Å². The molecule has 2 rings (SSSR count). The van der Waals surface area contributed by atoms with Crippen molar-refractivity contribution in [3.8, 4) is 0 Å². The molecule has 1 fully saturated rings. The van der Waals surface area contributed by atoms with Gasteiger partial charge < -0.3 is 15.8 Å². The molecule has 1 heterocycles. The summed E-state index contributed by atoms with van der Waals surface area (Å²) in [6, 6.07) is 6.04. The van der Waals surface area contributed by atoms with E-state index in [-0.39, 0.29) is 29.3 Å². The lowest BCUT2D eigenvalue weighted by Gasteiger charge is -2.32. The Morgan fingerprint density at radius 3 is 2.50 bits per heavy atom. The van der Waals surface area contributed by atoms with Gasteiger partial charge in [0.15, 0.2) is 0 Å². The maximum atomic E-state index is 13.1. The molecule has 0 saturated carbocycles. The van der Waals surface area contributed by atoms with E-state index in [1.54, 1.807) is 12.1 Å². The number of amides is 1. The summed E-state index contributed by atoms with van der Waals surface area (Å²) in [4.78, 5) is 12.5. The molecule has 0 aromatic heterocycles. The van der Waals surface area contributed by atoms with Crippen LogP contribution in [0, 0.1) is 11.2 Å². The van der Waals surface area contributed by atoms with Crippen molar-refractivity contribution >= 4 is 5.91 Å². The maximum absolute atomic E-state index is 13.1. The molecule has 3 atom stereocenters. The van der Waals surface area contributed by atoms with Gasteiger partial charge >= 0.3 is 0 Å². The molecule has 4 nitrogen and oxygen atoms in total. The van der Waals surface area contributed by atoms with Crippen LogP contribution >= 0.6 is 0 Å². The summed E-state index contributed by atoms with van der Waals surface area (Å²) in [6.45, 7) is 6.56. The Hall–Kier alpha value is -1.46. The number of halogens is 1. The molecule has 1 amide bonds. The van der Waals surface area contributed by atoms with Gasteiger partial charge in [0.05, 0.1) is 12.1 Å². The van der Waals surface area contributed by atoms with Crippen LogP contribution in [0.2, 0.25) is 0 Å². The number of carbonyl (C=O) groups excluding carboxylic acids is 1. The highest BCUT2D eigenvalue weighted by Crippen LogP contribution is 2.33. The third-order valence-electron chi connectivity index (χ3n) is 4.02. The fraction of sp³-hybridized carbons (Fsp3) is 0.588. The molecule has 0 spiro atoms. The second-order valence-electron chi connectivity index (χ2n) is 6.92. The average Bonchev–Trinajstić information content (AvgIpc) is 2.93. The number of benzene rings is 1. The Morgan fingerprint density at radius 2 is 2.00 bits per heavy atom. The van der Waals surface area contributed by atoms with Crippen molar-refractivity contribution in [3.05, 3.63) is 35.6 Å². The van der Waals surface area contributed by atoms with E-state index in [0.29, 0.717) is 13.0 Å². The lowest BCUT2D eigenvalue weighted by Crippen LogP contribution is -2.42. The second kappa shape index (κ2) is 6.75. The Bertz CT molecular complexity index is 510. The van der Waals surface area contributed by atoms with Gasteiger partial charge in [-0.15, -0.1) is 0 Å². The molecule has 0 aliphatic carbocycles. The third-order valence-corrected chi connectivity index (χ3v) is 4.02. The molecule has 1 aliphatic rings. The number of nitrogens with two attached hydrogens (primary N) is 1. The van der Waals surface area contributed by atoms with Gasteiger partial charge in [0.2, 0.25) is 5.91 Å². The second-order valence-corrected chi connectivity index (χ2v) is 6.92. The number of nitrogens with one attached hydrogen (secondary N) is 1. The first-order valence-electron chi connectivity index (χ1n) is 7.72. The van der Waals surface area contributed by atoms with Crippen LogP contribution in [0.4, 0.5) is 4.39 Å². The van der Waals surface area contributed by atoms with Gasteiger partial charge in [0.25, 0.3) is 0 Å². The van der Waals surface area contributed by atoms with Gasteiger partial charge in [-0.2, -0.15) is 0 Å². The van der Waals surface area contributed by atoms with Crippen molar-refractivity contribution in [2.75, 3.05) is 6.54 Å². The fourth-order valence-corrected chi connectivity index (χ4v) is 2.76. The molecule has 3 N–H and O–H groups in total. The van der Waals surface area contributed by atoms with Crippen molar-refractivity contribution in [2.24, 2.45) is 11.1 Å². The van der Waals surface area contributed by atoms with Crippen LogP contribution < -0.4 is 11.1 Å². The van der Waals surface area contributed by atoms with Crippen LogP contribution in [0.25, 0.3) is 0 Å². The number of carbonyl (C=O) groups is 1. The summed E-state index contributed by atoms with van der Waals surface area (Å²) in [5, 5.41) is 3.05. The summed E-state index contributed by atoms with van der Waals surface area (Å²) in [5.74, 6) is -0.409. The first kappa shape index (κ1) is 16.9. The van der Waals surface area contributed by atoms with E-state index in [4.69, 9.17) is 10.5 Å². The van der Waals surface area contributed by atoms with Gasteiger partial charge in [0.1, 0.15) is 11.9 Å². The highest BCUT2D eigenvalue weighted by molar-refractivity contribution is 5.81. The predicted molar refractivity (Wildman–Crippen MR) is 83.7 cm³/mol. The highest BCUT2D eigenvalue weighted by Gasteiger charge is 2.34. The van der Waals surface area contributed by atoms with Crippen LogP contribution in [0.1, 0.15) is 45.2 Å². The van der Waals surface area contributed by atoms with Crippen LogP contribution in [0.15, 0.2) is 24.3 Å². The van der Waals surface area contributed by atoms with Gasteiger partial charge in [0, 0.05) is 6.54 Å². The molecule has 0 bridgehead atoms. The Kier molecular flexibility index (Phi) is 5.19. The Labute approximate surface area is 131 Å². The van der Waals surface area contributed by atoms with Crippen LogP contribution in [0.5, 0.6) is 0 Å². The van der Waals surface area contributed by atoms with Gasteiger partial charge in [-0.05, 0) is 36.0 Å². The quantitative estimate of drug-likeness (QED) is 0.898. The normalized spacial score (nSPS) is 23.3. The highest BCUT2D eigenvalue weighted by atomic mass is 19.1. The number of ether oxygens (including phenoxy) is 1. The largest absolute Gasteiger partial charge is 0.364 e. The smallest absolute Gasteiger partial charge is 0.249 e. The summed E-state index contributed by atoms with van der Waals surface area (Å²) in [6.07, 6.45) is 1.02. The number of rotatable bonds is 4. The lowest BCUT2D eigenvalue weighted by molar-refractivity contribution is -0.133. The zero-order chi connectivity index (χ0) is 16.3. The fourth-order valence-electron chi connectivity index (χ4n) is 2.76. The molecule has 5 heteroatoms. The van der Waals surface area contributed by atoms with Crippen LogP contribution in [-0.2, 0) is 9.53 Å². The molecule has 1 aromatic carbocycles. The van der Waals surface area contributed by atoms with Gasteiger partial charge in [-0.1, -0.05) is 32.9 Å². The third kappa shape index (κ3) is 4.05. The topological polar surface area (TPSA) is 64.4 Å². The van der Waals surface area contributed by atoms with E-state index in [9.17, 15) is 9.18 Å². The molecular weight excluding hydrogens is 283 g/mol. The average molecular weight is 308 g/mol. The lowest BCUT2D eigenvalue weighted by atomic mass is 9.82. The SMILES string of the molecule is CC(C)(C)C(NC(=O)[C@@H]1CC[C@H](CN)O1)c1ccc(F)cc1. The summed E-state index contributed by atoms with van der Waals surface area (Å²) in [5.41, 5.74) is 6.27. The van der Waals surface area contributed by atoms with E-state index in [0.717, 1.165) is 12.0 Å². The molecule has 1 unspecified atom stereocenters. The minimum absolute atomic E-state index is 0.0327. The standard InChI is InChI=1S/C17H25FN2O2/c1-17(2,3)15(11-4-6-12(18)7-5-11)20-16(21)14-9-8-13(10-19)22-14/h4-7,13-15H,8-10,19H2,1-3H3,(H,20,21)/t13-,14+,15?/m1/s1. The summed E-state index contributed by atoms with van der Waals surface area (Å²) < 4.78 is 18.8. The summed E-state index contributed by atoms with van der Waals surface area (Å²) in [7, 11) is 0. The molecule has 122 valence electrons. The monoisotopic (exact) mass is 308 g/mol. The summed E-state index contributed by atoms with van der Waals surface area (Å²) >= 11 is 0. The predicted octanol–water partition coefficient (Wildman–Crippen LogP) is 2.54. The Balaban J connectivity index is 2.11. The van der Waals surface area contributed by atoms with Crippen LogP contribution in [0.3, 0.4) is 0 Å². The van der Waals surface area contributed by atoms with Crippen molar-refractivity contribution in [2.45, 2.75) is 51.9 Å². The van der Waals surface area contributed by atoms with Crippen molar-refractivity contribution in [1.29, 1.82) is 0 Å². The molecular formula is C17H25FN2O2. The van der Waals surface area contributed by atoms with E-state index in [2.05, 4.69) is 5.32 Å². The molecule has 1 aromatic rings. The van der Waals surface area contributed by atoms with Gasteiger partial charge in [-0.25, -0.2) is 4.39 Å². The van der Waals surface area contributed by atoms with E-state index >= 15 is 0 Å². The maximum Gasteiger partial charge on any atom is 0.249 e. The zero-order valence-corrected chi connectivity index (χ0v) is 13.4. The minimum atomic E-state index is -0.446. The van der Waals surface area contributed by atoms with E-state index < -0.39 is 6.10 Å². The number of hydrogen-bond donors (Lipinski definition) is 2. The minimum Gasteiger partial charge on any atom is -0.364 e. The van der Waals surface area contributed by atoms with Crippen LogP contribution in [-0.4, -0.2) is 24.7 Å². The van der Waals surface area contributed by atoms with E-state index in [1.165, 1.54) is 12.1 Å². The molecule has 0 radical (unpaired) electrons. The number of hydrogen-bond acceptors (Lipinski definition) is 3. The molecule has 1 aliphatic heterocycles. The van der Waals surface area contributed by atoms with Gasteiger partial charge in [-0.3, -0.25) is 4.79 Å². The van der Waals surface area contributed by atoms with Crippen molar-refractivity contribution in [1.82, 2.24) is 5.32 Å². The van der Waals surface area contributed by atoms with E-state index in [1.807, 2.05) is 20.8 Å².